The van der Waals surface area contributed by atoms with Gasteiger partial charge in [0.05, 0.1) is 15.7 Å². The zero-order chi connectivity index (χ0) is 18.1. The number of nitrogens with zero attached hydrogens (tertiary/aromatic N) is 2. The minimum absolute atomic E-state index is 0.111. The number of amides is 1. The van der Waals surface area contributed by atoms with Crippen LogP contribution in [0.2, 0.25) is 0 Å². The predicted molar refractivity (Wildman–Crippen MR) is 87.4 cm³/mol. The summed E-state index contributed by atoms with van der Waals surface area (Å²) in [6, 6.07) is 2.08. The molecule has 0 bridgehead atoms. The molecule has 24 heavy (non-hydrogen) atoms. The summed E-state index contributed by atoms with van der Waals surface area (Å²) < 4.78 is 25.4. The number of rotatable bonds is 4. The molecule has 1 aromatic rings. The first-order chi connectivity index (χ1) is 11.1. The lowest BCUT2D eigenvalue weighted by atomic mass is 10.1. The molecule has 0 unspecified atom stereocenters. The molecule has 0 aliphatic heterocycles. The predicted octanol–water partition coefficient (Wildman–Crippen LogP) is 1.03. The second kappa shape index (κ2) is 6.56. The molecule has 0 spiro atoms. The lowest BCUT2D eigenvalue weighted by Crippen LogP contribution is -2.24. The third kappa shape index (κ3) is 3.37. The third-order valence-electron chi connectivity index (χ3n) is 4.01. The maximum atomic E-state index is 12.7. The van der Waals surface area contributed by atoms with Gasteiger partial charge in [-0.05, 0) is 31.4 Å². The fourth-order valence-electron chi connectivity index (χ4n) is 2.83. The molecule has 130 valence electrons. The van der Waals surface area contributed by atoms with Gasteiger partial charge in [-0.15, -0.1) is 0 Å². The number of nitrogens with two attached hydrogens (primary N) is 2. The molecule has 0 saturated heterocycles. The number of guanidine groups is 1. The molecule has 0 aromatic heterocycles. The van der Waals surface area contributed by atoms with Crippen LogP contribution in [0.3, 0.4) is 0 Å². The molecular weight excluding hydrogens is 336 g/mol. The number of aryl methyl sites for hydroxylation is 1. The number of benzene rings is 1. The Balaban J connectivity index is 2.62. The van der Waals surface area contributed by atoms with Crippen molar-refractivity contribution in [1.82, 2.24) is 0 Å². The first-order valence-corrected chi connectivity index (χ1v) is 8.86. The molecule has 2 rings (SSSR count). The Morgan fingerprint density at radius 3 is 2.38 bits per heavy atom. The number of hydrogen-bond donors (Lipinski definition) is 2. The maximum absolute atomic E-state index is 12.7. The molecule has 1 fully saturated rings. The van der Waals surface area contributed by atoms with Crippen molar-refractivity contribution >= 4 is 27.4 Å². The van der Waals surface area contributed by atoms with Crippen molar-refractivity contribution in [2.24, 2.45) is 16.5 Å². The monoisotopic (exact) mass is 354 g/mol. The molecule has 0 heterocycles. The van der Waals surface area contributed by atoms with E-state index in [9.17, 15) is 23.3 Å². The third-order valence-corrected chi connectivity index (χ3v) is 6.30. The van der Waals surface area contributed by atoms with Gasteiger partial charge in [-0.25, -0.2) is 8.42 Å². The highest BCUT2D eigenvalue weighted by Crippen LogP contribution is 2.35. The number of hydrogen-bond acceptors (Lipinski definition) is 5. The summed E-state index contributed by atoms with van der Waals surface area (Å²) in [6.45, 7) is 1.48. The summed E-state index contributed by atoms with van der Waals surface area (Å²) in [5.41, 5.74) is 9.78. The lowest BCUT2D eigenvalue weighted by Gasteiger charge is -2.13. The Hall–Kier alpha value is -2.49. The van der Waals surface area contributed by atoms with Gasteiger partial charge in [0.15, 0.2) is 15.8 Å². The smallest absolute Gasteiger partial charge is 0.288 e. The normalized spacial score (nSPS) is 15.2. The van der Waals surface area contributed by atoms with Crippen LogP contribution in [0.25, 0.3) is 0 Å². The van der Waals surface area contributed by atoms with E-state index in [-0.39, 0.29) is 16.0 Å². The molecule has 1 saturated carbocycles. The van der Waals surface area contributed by atoms with Crippen LogP contribution in [0.15, 0.2) is 22.0 Å². The molecule has 1 amide bonds. The Kier molecular flexibility index (Phi) is 4.88. The van der Waals surface area contributed by atoms with Crippen LogP contribution in [0, 0.1) is 17.0 Å². The van der Waals surface area contributed by atoms with Crippen LogP contribution >= 0.6 is 0 Å². The number of nitro groups is 1. The molecule has 1 aliphatic carbocycles. The zero-order valence-electron chi connectivity index (χ0n) is 13.1. The van der Waals surface area contributed by atoms with Gasteiger partial charge in [-0.3, -0.25) is 14.9 Å². The SMILES string of the molecule is Cc1cc(S(=O)(=O)C2CCCC2)c([N+](=O)[O-])cc1C(=O)N=C(N)N. The Bertz CT molecular complexity index is 822. The maximum Gasteiger partial charge on any atom is 0.288 e. The highest BCUT2D eigenvalue weighted by atomic mass is 32.2. The summed E-state index contributed by atoms with van der Waals surface area (Å²) in [4.78, 5) is 25.4. The summed E-state index contributed by atoms with van der Waals surface area (Å²) in [7, 11) is -3.84. The van der Waals surface area contributed by atoms with E-state index in [1.165, 1.54) is 6.92 Å². The van der Waals surface area contributed by atoms with Crippen molar-refractivity contribution in [3.63, 3.8) is 0 Å². The average Bonchev–Trinajstić information content (AvgIpc) is 3.00. The van der Waals surface area contributed by atoms with E-state index in [0.29, 0.717) is 12.8 Å². The van der Waals surface area contributed by atoms with Gasteiger partial charge < -0.3 is 11.5 Å². The van der Waals surface area contributed by atoms with E-state index in [0.717, 1.165) is 25.0 Å². The van der Waals surface area contributed by atoms with Gasteiger partial charge in [-0.2, -0.15) is 4.99 Å². The fourth-order valence-corrected chi connectivity index (χ4v) is 4.91. The van der Waals surface area contributed by atoms with E-state index >= 15 is 0 Å². The number of carbonyl (C=O) groups excluding carboxylic acids is 1. The summed E-state index contributed by atoms with van der Waals surface area (Å²) >= 11 is 0. The van der Waals surface area contributed by atoms with E-state index in [4.69, 9.17) is 11.5 Å². The minimum Gasteiger partial charge on any atom is -0.370 e. The fraction of sp³-hybridized carbons (Fsp3) is 0.429. The summed E-state index contributed by atoms with van der Waals surface area (Å²) in [5, 5.41) is 10.7. The van der Waals surface area contributed by atoms with Gasteiger partial charge in [0.2, 0.25) is 0 Å². The van der Waals surface area contributed by atoms with Crippen molar-refractivity contribution in [2.75, 3.05) is 0 Å². The molecule has 0 atom stereocenters. The van der Waals surface area contributed by atoms with Crippen molar-refractivity contribution in [3.8, 4) is 0 Å². The first-order valence-electron chi connectivity index (χ1n) is 7.31. The molecule has 1 aromatic carbocycles. The Morgan fingerprint density at radius 1 is 1.29 bits per heavy atom. The molecule has 10 heteroatoms. The first kappa shape index (κ1) is 17.9. The number of nitro benzene ring substituents is 1. The molecule has 9 nitrogen and oxygen atoms in total. The molecule has 4 N–H and O–H groups in total. The number of sulfone groups is 1. The van der Waals surface area contributed by atoms with E-state index in [1.54, 1.807) is 0 Å². The Labute approximate surface area is 138 Å². The highest BCUT2D eigenvalue weighted by molar-refractivity contribution is 7.92. The Morgan fingerprint density at radius 2 is 1.88 bits per heavy atom. The topological polar surface area (TPSA) is 159 Å². The van der Waals surface area contributed by atoms with Crippen LogP contribution in [-0.2, 0) is 9.84 Å². The van der Waals surface area contributed by atoms with Gasteiger partial charge in [0.1, 0.15) is 4.90 Å². The molecule has 1 aliphatic rings. The zero-order valence-corrected chi connectivity index (χ0v) is 13.9. The molecule has 0 radical (unpaired) electrons. The van der Waals surface area contributed by atoms with E-state index in [2.05, 4.69) is 4.99 Å². The lowest BCUT2D eigenvalue weighted by molar-refractivity contribution is -0.387. The number of aliphatic imine (C=N–C) groups is 1. The highest BCUT2D eigenvalue weighted by Gasteiger charge is 2.36. The van der Waals surface area contributed by atoms with Crippen LogP contribution in [-0.4, -0.2) is 30.5 Å². The standard InChI is InChI=1S/C14H18N4O5S/c1-8-6-12(24(22,23)9-4-2-3-5-9)11(18(20)21)7-10(8)13(19)17-14(15)16/h6-7,9H,2-5H2,1H3,(H4,15,16,17,19). The summed E-state index contributed by atoms with van der Waals surface area (Å²) in [6.07, 6.45) is 2.51. The van der Waals surface area contributed by atoms with Crippen molar-refractivity contribution in [1.29, 1.82) is 0 Å². The summed E-state index contributed by atoms with van der Waals surface area (Å²) in [5.74, 6) is -1.34. The van der Waals surface area contributed by atoms with Gasteiger partial charge >= 0.3 is 0 Å². The second-order valence-electron chi connectivity index (χ2n) is 5.69. The van der Waals surface area contributed by atoms with E-state index < -0.39 is 37.6 Å². The van der Waals surface area contributed by atoms with Crippen molar-refractivity contribution in [3.05, 3.63) is 33.4 Å². The van der Waals surface area contributed by atoms with Crippen LogP contribution in [0.1, 0.15) is 41.6 Å². The quantitative estimate of drug-likeness (QED) is 0.353. The van der Waals surface area contributed by atoms with E-state index in [1.807, 2.05) is 0 Å². The van der Waals surface area contributed by atoms with Crippen LogP contribution < -0.4 is 11.5 Å². The molecular formula is C14H18N4O5S. The van der Waals surface area contributed by atoms with Gasteiger partial charge in [0.25, 0.3) is 11.6 Å². The van der Waals surface area contributed by atoms with Crippen LogP contribution in [0.5, 0.6) is 0 Å². The van der Waals surface area contributed by atoms with Gasteiger partial charge in [-0.1, -0.05) is 12.8 Å². The largest absolute Gasteiger partial charge is 0.370 e. The second-order valence-corrected chi connectivity index (χ2v) is 7.88. The van der Waals surface area contributed by atoms with Crippen molar-refractivity contribution in [2.45, 2.75) is 42.8 Å². The number of carbonyl (C=O) groups is 1. The van der Waals surface area contributed by atoms with Gasteiger partial charge in [0, 0.05) is 6.07 Å². The van der Waals surface area contributed by atoms with Crippen LogP contribution in [0.4, 0.5) is 5.69 Å². The average molecular weight is 354 g/mol. The minimum atomic E-state index is -3.84. The van der Waals surface area contributed by atoms with Crippen molar-refractivity contribution < 1.29 is 18.1 Å².